The number of nitrogens with one attached hydrogen (secondary N) is 1. The third-order valence-corrected chi connectivity index (χ3v) is 2.39. The third kappa shape index (κ3) is 4.70. The zero-order chi connectivity index (χ0) is 13.1. The summed E-state index contributed by atoms with van der Waals surface area (Å²) in [5, 5.41) is 12.0. The Hall–Kier alpha value is -1.14. The number of ether oxygens (including phenoxy) is 1. The van der Waals surface area contributed by atoms with E-state index in [2.05, 4.69) is 5.32 Å². The van der Waals surface area contributed by atoms with Crippen molar-refractivity contribution in [1.29, 1.82) is 0 Å². The fourth-order valence-corrected chi connectivity index (χ4v) is 1.72. The van der Waals surface area contributed by atoms with E-state index < -0.39 is 17.6 Å². The maximum Gasteiger partial charge on any atom is 0.322 e. The average molecular weight is 244 g/mol. The van der Waals surface area contributed by atoms with Crippen molar-refractivity contribution < 1.29 is 19.4 Å². The van der Waals surface area contributed by atoms with Crippen LogP contribution in [0.4, 0.5) is 0 Å². The highest BCUT2D eigenvalue weighted by molar-refractivity contribution is 5.76. The molecule has 0 aromatic heterocycles. The Morgan fingerprint density at radius 2 is 2.12 bits per heavy atom. The fraction of sp³-hybridized carbons (Fsp3) is 0.818. The van der Waals surface area contributed by atoms with Gasteiger partial charge in [0, 0.05) is 19.6 Å². The smallest absolute Gasteiger partial charge is 0.322 e. The second-order valence-electron chi connectivity index (χ2n) is 5.12. The first kappa shape index (κ1) is 13.9. The van der Waals surface area contributed by atoms with E-state index in [4.69, 9.17) is 9.84 Å². The van der Waals surface area contributed by atoms with E-state index >= 15 is 0 Å². The van der Waals surface area contributed by atoms with Crippen molar-refractivity contribution in [2.75, 3.05) is 26.2 Å². The lowest BCUT2D eigenvalue weighted by Gasteiger charge is -2.33. The molecule has 1 aliphatic heterocycles. The van der Waals surface area contributed by atoms with Gasteiger partial charge in [0.1, 0.15) is 11.6 Å². The summed E-state index contributed by atoms with van der Waals surface area (Å²) >= 11 is 0. The number of nitrogens with zero attached hydrogens (tertiary/aromatic N) is 1. The summed E-state index contributed by atoms with van der Waals surface area (Å²) in [4.78, 5) is 24.2. The number of rotatable bonds is 3. The maximum absolute atomic E-state index is 11.6. The largest absolute Gasteiger partial charge is 0.480 e. The van der Waals surface area contributed by atoms with Gasteiger partial charge in [0.05, 0.1) is 6.54 Å². The minimum absolute atomic E-state index is 0.0237. The molecule has 0 bridgehead atoms. The molecule has 0 aromatic carbocycles. The topological polar surface area (TPSA) is 78.9 Å². The van der Waals surface area contributed by atoms with Gasteiger partial charge in [-0.1, -0.05) is 0 Å². The quantitative estimate of drug-likeness (QED) is 0.663. The van der Waals surface area contributed by atoms with Gasteiger partial charge in [-0.25, -0.2) is 0 Å². The first-order valence-corrected chi connectivity index (χ1v) is 5.69. The van der Waals surface area contributed by atoms with E-state index in [1.807, 2.05) is 0 Å². The number of carboxylic acid groups (broad SMARTS) is 1. The molecule has 98 valence electrons. The van der Waals surface area contributed by atoms with E-state index in [1.165, 1.54) is 0 Å². The van der Waals surface area contributed by atoms with Gasteiger partial charge in [-0.15, -0.1) is 0 Å². The van der Waals surface area contributed by atoms with E-state index in [9.17, 15) is 9.59 Å². The summed E-state index contributed by atoms with van der Waals surface area (Å²) in [6, 6.07) is -0.656. The average Bonchev–Trinajstić information content (AvgIpc) is 2.14. The van der Waals surface area contributed by atoms with Crippen molar-refractivity contribution in [2.45, 2.75) is 32.4 Å². The molecule has 1 heterocycles. The number of carbonyl (C=O) groups is 2. The summed E-state index contributed by atoms with van der Waals surface area (Å²) < 4.78 is 5.17. The first-order valence-electron chi connectivity index (χ1n) is 5.69. The van der Waals surface area contributed by atoms with Crippen LogP contribution in [0.2, 0.25) is 0 Å². The lowest BCUT2D eigenvalue weighted by Crippen LogP contribution is -2.56. The van der Waals surface area contributed by atoms with Gasteiger partial charge in [-0.05, 0) is 20.8 Å². The highest BCUT2D eigenvalue weighted by Gasteiger charge is 2.30. The summed E-state index contributed by atoms with van der Waals surface area (Å²) in [5.74, 6) is -1.30. The Morgan fingerprint density at radius 1 is 1.47 bits per heavy atom. The van der Waals surface area contributed by atoms with Crippen LogP contribution in [0.5, 0.6) is 0 Å². The molecule has 1 unspecified atom stereocenters. The maximum atomic E-state index is 11.6. The highest BCUT2D eigenvalue weighted by Crippen LogP contribution is 2.09. The molecule has 1 saturated heterocycles. The zero-order valence-electron chi connectivity index (χ0n) is 10.5. The van der Waals surface area contributed by atoms with Crippen molar-refractivity contribution in [3.63, 3.8) is 0 Å². The molecule has 6 heteroatoms. The van der Waals surface area contributed by atoms with Gasteiger partial charge >= 0.3 is 11.9 Å². The molecule has 0 aromatic rings. The molecular formula is C11H20N2O4. The zero-order valence-corrected chi connectivity index (χ0v) is 10.5. The molecule has 0 saturated carbocycles. The lowest BCUT2D eigenvalue weighted by molar-refractivity contribution is -0.158. The van der Waals surface area contributed by atoms with E-state index in [0.717, 1.165) is 0 Å². The number of carboxylic acids is 1. The van der Waals surface area contributed by atoms with Crippen LogP contribution in [-0.4, -0.2) is 59.8 Å². The van der Waals surface area contributed by atoms with Gasteiger partial charge in [0.25, 0.3) is 0 Å². The van der Waals surface area contributed by atoms with Crippen molar-refractivity contribution in [3.8, 4) is 0 Å². The Morgan fingerprint density at radius 3 is 2.65 bits per heavy atom. The molecule has 1 rings (SSSR count). The van der Waals surface area contributed by atoms with Crippen LogP contribution in [-0.2, 0) is 14.3 Å². The molecule has 2 N–H and O–H groups in total. The van der Waals surface area contributed by atoms with Crippen molar-refractivity contribution >= 4 is 11.9 Å². The number of hydrogen-bond acceptors (Lipinski definition) is 5. The van der Waals surface area contributed by atoms with Gasteiger partial charge in [-0.2, -0.15) is 0 Å². The summed E-state index contributed by atoms with van der Waals surface area (Å²) in [7, 11) is 0. The Bertz CT molecular complexity index is 298. The summed E-state index contributed by atoms with van der Waals surface area (Å²) in [6.45, 7) is 6.98. The number of hydrogen-bond donors (Lipinski definition) is 2. The number of carbonyl (C=O) groups excluding carboxylic acids is 1. The standard InChI is InChI=1S/C11H20N2O4/c1-11(2,3)17-9(14)7-13-5-4-12-6-8(13)10(15)16/h8,12H,4-7H2,1-3H3,(H,15,16). The Balaban J connectivity index is 2.53. The molecule has 17 heavy (non-hydrogen) atoms. The molecule has 1 atom stereocenters. The molecule has 0 amide bonds. The van der Waals surface area contributed by atoms with Crippen molar-refractivity contribution in [1.82, 2.24) is 10.2 Å². The van der Waals surface area contributed by atoms with Gasteiger partial charge < -0.3 is 15.2 Å². The first-order chi connectivity index (χ1) is 7.79. The molecule has 6 nitrogen and oxygen atoms in total. The normalized spacial score (nSPS) is 22.2. The predicted molar refractivity (Wildman–Crippen MR) is 61.7 cm³/mol. The highest BCUT2D eigenvalue weighted by atomic mass is 16.6. The van der Waals surface area contributed by atoms with Crippen LogP contribution >= 0.6 is 0 Å². The third-order valence-electron chi connectivity index (χ3n) is 2.39. The van der Waals surface area contributed by atoms with Crippen LogP contribution in [0.3, 0.4) is 0 Å². The number of piperazine rings is 1. The van der Waals surface area contributed by atoms with Gasteiger partial charge in [0.2, 0.25) is 0 Å². The van der Waals surface area contributed by atoms with Crippen LogP contribution in [0.1, 0.15) is 20.8 Å². The fourth-order valence-electron chi connectivity index (χ4n) is 1.72. The van der Waals surface area contributed by atoms with Crippen LogP contribution in [0.15, 0.2) is 0 Å². The van der Waals surface area contributed by atoms with E-state index in [0.29, 0.717) is 19.6 Å². The Labute approximate surface area is 101 Å². The lowest BCUT2D eigenvalue weighted by atomic mass is 10.2. The molecule has 1 fully saturated rings. The van der Waals surface area contributed by atoms with E-state index in [-0.39, 0.29) is 12.5 Å². The summed E-state index contributed by atoms with van der Waals surface area (Å²) in [6.07, 6.45) is 0. The van der Waals surface area contributed by atoms with E-state index in [1.54, 1.807) is 25.7 Å². The van der Waals surface area contributed by atoms with Crippen molar-refractivity contribution in [2.24, 2.45) is 0 Å². The molecular weight excluding hydrogens is 224 g/mol. The molecule has 0 spiro atoms. The van der Waals surface area contributed by atoms with Gasteiger partial charge in [0.15, 0.2) is 0 Å². The second-order valence-corrected chi connectivity index (χ2v) is 5.12. The Kier molecular flexibility index (Phi) is 4.47. The van der Waals surface area contributed by atoms with Crippen LogP contribution < -0.4 is 5.32 Å². The van der Waals surface area contributed by atoms with Gasteiger partial charge in [-0.3, -0.25) is 14.5 Å². The molecule has 1 aliphatic rings. The minimum Gasteiger partial charge on any atom is -0.480 e. The molecule has 0 aliphatic carbocycles. The van der Waals surface area contributed by atoms with Crippen LogP contribution in [0, 0.1) is 0 Å². The second kappa shape index (κ2) is 5.46. The predicted octanol–water partition coefficient (Wildman–Crippen LogP) is -0.313. The monoisotopic (exact) mass is 244 g/mol. The van der Waals surface area contributed by atoms with Crippen LogP contribution in [0.25, 0.3) is 0 Å². The van der Waals surface area contributed by atoms with Crippen molar-refractivity contribution in [3.05, 3.63) is 0 Å². The number of aliphatic carboxylic acids is 1. The SMILES string of the molecule is CC(C)(C)OC(=O)CN1CCNCC1C(=O)O. The number of esters is 1. The summed E-state index contributed by atoms with van der Waals surface area (Å²) in [5.41, 5.74) is -0.538. The minimum atomic E-state index is -0.916. The molecule has 0 radical (unpaired) electrons.